The lowest BCUT2D eigenvalue weighted by Gasteiger charge is -2.38. The molecule has 0 atom stereocenters. The van der Waals surface area contributed by atoms with Crippen LogP contribution in [0.4, 0.5) is 0 Å². The topological polar surface area (TPSA) is 27.0 Å². The maximum absolute atomic E-state index is 9.14. The van der Waals surface area contributed by atoms with E-state index >= 15 is 0 Å². The lowest BCUT2D eigenvalue weighted by atomic mass is 9.70. The molecule has 0 N–H and O–H groups in total. The molecular formula is C12H16N2S. The largest absolute Gasteiger partial charge is 0.300 e. The molecule has 1 aliphatic rings. The molecule has 1 aromatic heterocycles. The molecule has 0 unspecified atom stereocenters. The Morgan fingerprint density at radius 1 is 1.60 bits per heavy atom. The van der Waals surface area contributed by atoms with Gasteiger partial charge in [-0.1, -0.05) is 12.5 Å². The van der Waals surface area contributed by atoms with Crippen molar-refractivity contribution >= 4 is 11.3 Å². The molecule has 1 saturated carbocycles. The van der Waals surface area contributed by atoms with Gasteiger partial charge in [0, 0.05) is 18.0 Å². The Hall–Kier alpha value is -0.850. The summed E-state index contributed by atoms with van der Waals surface area (Å²) in [5.41, 5.74) is -0.0357. The predicted octanol–water partition coefficient (Wildman–Crippen LogP) is 2.87. The first-order valence-corrected chi connectivity index (χ1v) is 6.24. The SMILES string of the molecule is CN(Cc1cccs1)CC1(C#N)CCC1. The quantitative estimate of drug-likeness (QED) is 0.780. The normalized spacial score (nSPS) is 18.5. The Morgan fingerprint density at radius 3 is 2.87 bits per heavy atom. The summed E-state index contributed by atoms with van der Waals surface area (Å²) in [7, 11) is 2.11. The lowest BCUT2D eigenvalue weighted by molar-refractivity contribution is 0.135. The van der Waals surface area contributed by atoms with Gasteiger partial charge in [-0.25, -0.2) is 0 Å². The molecule has 0 aromatic carbocycles. The van der Waals surface area contributed by atoms with E-state index in [0.717, 1.165) is 25.9 Å². The van der Waals surface area contributed by atoms with Crippen LogP contribution < -0.4 is 0 Å². The van der Waals surface area contributed by atoms with Crippen LogP contribution in [0.1, 0.15) is 24.1 Å². The summed E-state index contributed by atoms with van der Waals surface area (Å²) in [5.74, 6) is 0. The first kappa shape index (κ1) is 10.7. The molecule has 0 bridgehead atoms. The van der Waals surface area contributed by atoms with Crippen LogP contribution in [0.2, 0.25) is 0 Å². The second kappa shape index (κ2) is 4.34. The van der Waals surface area contributed by atoms with E-state index in [0.29, 0.717) is 0 Å². The second-order valence-corrected chi connectivity index (χ2v) is 5.53. The number of thiophene rings is 1. The van der Waals surface area contributed by atoms with Crippen LogP contribution in [0.5, 0.6) is 0 Å². The zero-order valence-electron chi connectivity index (χ0n) is 9.07. The fraction of sp³-hybridized carbons (Fsp3) is 0.583. The third kappa shape index (κ3) is 2.39. The highest BCUT2D eigenvalue weighted by Crippen LogP contribution is 2.40. The first-order chi connectivity index (χ1) is 7.24. The van der Waals surface area contributed by atoms with Crippen molar-refractivity contribution in [3.05, 3.63) is 22.4 Å². The summed E-state index contributed by atoms with van der Waals surface area (Å²) in [4.78, 5) is 3.65. The number of hydrogen-bond donors (Lipinski definition) is 0. The molecule has 3 heteroatoms. The Morgan fingerprint density at radius 2 is 2.40 bits per heavy atom. The second-order valence-electron chi connectivity index (χ2n) is 4.50. The Labute approximate surface area is 95.1 Å². The van der Waals surface area contributed by atoms with E-state index in [1.165, 1.54) is 11.3 Å². The van der Waals surface area contributed by atoms with E-state index in [-0.39, 0.29) is 5.41 Å². The van der Waals surface area contributed by atoms with Gasteiger partial charge in [-0.15, -0.1) is 11.3 Å². The molecule has 0 spiro atoms. The van der Waals surface area contributed by atoms with E-state index in [1.54, 1.807) is 11.3 Å². The third-order valence-corrected chi connectivity index (χ3v) is 3.99. The standard InChI is InChI=1S/C12H16N2S/c1-14(8-11-4-2-7-15-11)10-12(9-13)5-3-6-12/h2,4,7H,3,5-6,8,10H2,1H3. The van der Waals surface area contributed by atoms with Crippen molar-refractivity contribution in [2.75, 3.05) is 13.6 Å². The van der Waals surface area contributed by atoms with Gasteiger partial charge in [0.15, 0.2) is 0 Å². The molecule has 0 aliphatic heterocycles. The number of hydrogen-bond acceptors (Lipinski definition) is 3. The predicted molar refractivity (Wildman–Crippen MR) is 62.6 cm³/mol. The summed E-state index contributed by atoms with van der Waals surface area (Å²) in [5, 5.41) is 11.2. The van der Waals surface area contributed by atoms with E-state index in [9.17, 15) is 0 Å². The monoisotopic (exact) mass is 220 g/mol. The van der Waals surface area contributed by atoms with Crippen molar-refractivity contribution < 1.29 is 0 Å². The summed E-state index contributed by atoms with van der Waals surface area (Å²) in [6.45, 7) is 1.89. The van der Waals surface area contributed by atoms with Crippen molar-refractivity contribution in [3.8, 4) is 6.07 Å². The Balaban J connectivity index is 1.87. The summed E-state index contributed by atoms with van der Waals surface area (Å²) in [6, 6.07) is 6.72. The Kier molecular flexibility index (Phi) is 3.08. The van der Waals surface area contributed by atoms with E-state index in [1.807, 2.05) is 0 Å². The molecule has 80 valence electrons. The molecule has 1 fully saturated rings. The highest BCUT2D eigenvalue weighted by Gasteiger charge is 2.37. The van der Waals surface area contributed by atoms with Crippen LogP contribution in [-0.4, -0.2) is 18.5 Å². The van der Waals surface area contributed by atoms with E-state index in [2.05, 4.69) is 35.5 Å². The molecule has 0 saturated heterocycles. The number of nitrogens with zero attached hydrogens (tertiary/aromatic N) is 2. The third-order valence-electron chi connectivity index (χ3n) is 3.13. The Bertz CT molecular complexity index is 346. The molecule has 1 heterocycles. The van der Waals surface area contributed by atoms with Gasteiger partial charge in [0.2, 0.25) is 0 Å². The molecule has 1 aliphatic carbocycles. The van der Waals surface area contributed by atoms with Gasteiger partial charge in [0.05, 0.1) is 11.5 Å². The number of rotatable bonds is 4. The minimum atomic E-state index is -0.0357. The van der Waals surface area contributed by atoms with E-state index in [4.69, 9.17) is 5.26 Å². The average Bonchev–Trinajstić information content (AvgIpc) is 2.64. The molecular weight excluding hydrogens is 204 g/mol. The van der Waals surface area contributed by atoms with Crippen molar-refractivity contribution in [2.45, 2.75) is 25.8 Å². The minimum Gasteiger partial charge on any atom is -0.300 e. The summed E-state index contributed by atoms with van der Waals surface area (Å²) < 4.78 is 0. The minimum absolute atomic E-state index is 0.0357. The van der Waals surface area contributed by atoms with Crippen LogP contribution in [0.3, 0.4) is 0 Å². The maximum atomic E-state index is 9.14. The molecule has 2 nitrogen and oxygen atoms in total. The highest BCUT2D eigenvalue weighted by molar-refractivity contribution is 7.09. The van der Waals surface area contributed by atoms with Crippen LogP contribution in [0.15, 0.2) is 17.5 Å². The van der Waals surface area contributed by atoms with E-state index < -0.39 is 0 Å². The molecule has 2 rings (SSSR count). The molecule has 0 radical (unpaired) electrons. The average molecular weight is 220 g/mol. The summed E-state index contributed by atoms with van der Waals surface area (Å²) in [6.07, 6.45) is 3.39. The van der Waals surface area contributed by atoms with Crippen molar-refractivity contribution in [2.24, 2.45) is 5.41 Å². The molecule has 0 amide bonds. The van der Waals surface area contributed by atoms with Crippen molar-refractivity contribution in [3.63, 3.8) is 0 Å². The van der Waals surface area contributed by atoms with Gasteiger partial charge >= 0.3 is 0 Å². The maximum Gasteiger partial charge on any atom is 0.0703 e. The van der Waals surface area contributed by atoms with Crippen LogP contribution >= 0.6 is 11.3 Å². The van der Waals surface area contributed by atoms with Gasteiger partial charge < -0.3 is 0 Å². The lowest BCUT2D eigenvalue weighted by Crippen LogP contribution is -2.39. The zero-order valence-corrected chi connectivity index (χ0v) is 9.89. The van der Waals surface area contributed by atoms with Crippen LogP contribution in [0, 0.1) is 16.7 Å². The van der Waals surface area contributed by atoms with Gasteiger partial charge in [-0.3, -0.25) is 4.90 Å². The summed E-state index contributed by atoms with van der Waals surface area (Å²) >= 11 is 1.79. The fourth-order valence-corrected chi connectivity index (χ4v) is 2.93. The fourth-order valence-electron chi connectivity index (χ4n) is 2.15. The van der Waals surface area contributed by atoms with Crippen molar-refractivity contribution in [1.29, 1.82) is 5.26 Å². The zero-order chi connectivity index (χ0) is 10.7. The highest BCUT2D eigenvalue weighted by atomic mass is 32.1. The first-order valence-electron chi connectivity index (χ1n) is 5.36. The van der Waals surface area contributed by atoms with Crippen LogP contribution in [0.25, 0.3) is 0 Å². The number of nitriles is 1. The molecule has 15 heavy (non-hydrogen) atoms. The smallest absolute Gasteiger partial charge is 0.0703 e. The van der Waals surface area contributed by atoms with Gasteiger partial charge in [0.25, 0.3) is 0 Å². The van der Waals surface area contributed by atoms with Gasteiger partial charge in [0.1, 0.15) is 0 Å². The molecule has 1 aromatic rings. The van der Waals surface area contributed by atoms with Crippen molar-refractivity contribution in [1.82, 2.24) is 4.90 Å². The van der Waals surface area contributed by atoms with Gasteiger partial charge in [-0.2, -0.15) is 5.26 Å². The van der Waals surface area contributed by atoms with Crippen LogP contribution in [-0.2, 0) is 6.54 Å². The van der Waals surface area contributed by atoms with Gasteiger partial charge in [-0.05, 0) is 31.3 Å².